The van der Waals surface area contributed by atoms with E-state index in [1.807, 2.05) is 0 Å². The van der Waals surface area contributed by atoms with E-state index in [9.17, 15) is 4.79 Å². The minimum Gasteiger partial charge on any atom is -0.346 e. The third kappa shape index (κ3) is 4.01. The number of hydrogen-bond acceptors (Lipinski definition) is 3. The number of halogens is 2. The SMILES string of the molecule is Cc1nccc(CNC(=O)c2cc(Cl)cc(Br)c2)n1. The lowest BCUT2D eigenvalue weighted by Crippen LogP contribution is -2.23. The predicted molar refractivity (Wildman–Crippen MR) is 77.1 cm³/mol. The number of nitrogens with one attached hydrogen (secondary N) is 1. The van der Waals surface area contributed by atoms with Crippen LogP contribution in [0.1, 0.15) is 21.9 Å². The number of amides is 1. The van der Waals surface area contributed by atoms with Gasteiger partial charge >= 0.3 is 0 Å². The molecule has 0 aliphatic rings. The lowest BCUT2D eigenvalue weighted by atomic mass is 10.2. The molecule has 1 aromatic heterocycles. The zero-order chi connectivity index (χ0) is 13.8. The van der Waals surface area contributed by atoms with E-state index in [1.165, 1.54) is 0 Å². The summed E-state index contributed by atoms with van der Waals surface area (Å²) in [6.45, 7) is 2.16. The number of carbonyl (C=O) groups is 1. The number of carbonyl (C=O) groups excluding carboxylic acids is 1. The van der Waals surface area contributed by atoms with Crippen molar-refractivity contribution in [2.24, 2.45) is 0 Å². The van der Waals surface area contributed by atoms with Crippen molar-refractivity contribution in [3.63, 3.8) is 0 Å². The van der Waals surface area contributed by atoms with E-state index < -0.39 is 0 Å². The molecule has 2 rings (SSSR count). The molecule has 0 fully saturated rings. The van der Waals surface area contributed by atoms with Crippen LogP contribution in [0.25, 0.3) is 0 Å². The molecule has 19 heavy (non-hydrogen) atoms. The van der Waals surface area contributed by atoms with Crippen LogP contribution in [-0.4, -0.2) is 15.9 Å². The molecule has 1 heterocycles. The van der Waals surface area contributed by atoms with Crippen molar-refractivity contribution in [3.8, 4) is 0 Å². The maximum atomic E-state index is 12.0. The predicted octanol–water partition coefficient (Wildman–Crippen LogP) is 3.13. The maximum Gasteiger partial charge on any atom is 0.251 e. The molecule has 0 bridgehead atoms. The molecule has 0 saturated heterocycles. The van der Waals surface area contributed by atoms with Crippen LogP contribution in [0, 0.1) is 6.92 Å². The first-order valence-electron chi connectivity index (χ1n) is 5.57. The van der Waals surface area contributed by atoms with Gasteiger partial charge in [0.25, 0.3) is 5.91 Å². The van der Waals surface area contributed by atoms with Gasteiger partial charge in [0.2, 0.25) is 0 Å². The summed E-state index contributed by atoms with van der Waals surface area (Å²) >= 11 is 9.20. The van der Waals surface area contributed by atoms with Crippen LogP contribution in [0.5, 0.6) is 0 Å². The van der Waals surface area contributed by atoms with Crippen LogP contribution in [-0.2, 0) is 6.54 Å². The molecular weight excluding hydrogens is 330 g/mol. The van der Waals surface area contributed by atoms with Crippen LogP contribution in [0.4, 0.5) is 0 Å². The van der Waals surface area contributed by atoms with Crippen molar-refractivity contribution in [1.82, 2.24) is 15.3 Å². The van der Waals surface area contributed by atoms with Crippen LogP contribution in [0.2, 0.25) is 5.02 Å². The molecule has 0 aliphatic carbocycles. The monoisotopic (exact) mass is 339 g/mol. The Balaban J connectivity index is 2.05. The van der Waals surface area contributed by atoms with Crippen molar-refractivity contribution < 1.29 is 4.79 Å². The Kier molecular flexibility index (Phi) is 4.50. The van der Waals surface area contributed by atoms with Gasteiger partial charge in [-0.15, -0.1) is 0 Å². The Morgan fingerprint density at radius 3 is 2.89 bits per heavy atom. The van der Waals surface area contributed by atoms with Crippen molar-refractivity contribution in [2.45, 2.75) is 13.5 Å². The van der Waals surface area contributed by atoms with Gasteiger partial charge in [-0.05, 0) is 31.2 Å². The van der Waals surface area contributed by atoms with Gasteiger partial charge in [0.05, 0.1) is 12.2 Å². The van der Waals surface area contributed by atoms with E-state index in [2.05, 4.69) is 31.2 Å². The number of rotatable bonds is 3. The zero-order valence-electron chi connectivity index (χ0n) is 10.2. The van der Waals surface area contributed by atoms with E-state index in [4.69, 9.17) is 11.6 Å². The average Bonchev–Trinajstić information content (AvgIpc) is 2.35. The molecule has 2 aromatic rings. The summed E-state index contributed by atoms with van der Waals surface area (Å²) in [5.41, 5.74) is 1.27. The molecule has 1 aromatic carbocycles. The molecule has 0 saturated carbocycles. The van der Waals surface area contributed by atoms with Crippen LogP contribution in [0.3, 0.4) is 0 Å². The fourth-order valence-corrected chi connectivity index (χ4v) is 2.42. The minimum absolute atomic E-state index is 0.195. The van der Waals surface area contributed by atoms with Crippen LogP contribution in [0.15, 0.2) is 34.9 Å². The number of aromatic nitrogens is 2. The molecular formula is C13H11BrClN3O. The minimum atomic E-state index is -0.195. The summed E-state index contributed by atoms with van der Waals surface area (Å²) in [6, 6.07) is 6.83. The van der Waals surface area contributed by atoms with Crippen molar-refractivity contribution in [3.05, 3.63) is 57.0 Å². The standard InChI is InChI=1S/C13H11BrClN3O/c1-8-16-3-2-12(18-8)7-17-13(19)9-4-10(14)6-11(15)5-9/h2-6H,7H2,1H3,(H,17,19). The summed E-state index contributed by atoms with van der Waals surface area (Å²) in [4.78, 5) is 20.2. The Hall–Kier alpha value is -1.46. The molecule has 4 nitrogen and oxygen atoms in total. The Morgan fingerprint density at radius 2 is 2.21 bits per heavy atom. The normalized spacial score (nSPS) is 10.3. The van der Waals surface area contributed by atoms with Crippen LogP contribution >= 0.6 is 27.5 Å². The van der Waals surface area contributed by atoms with Gasteiger partial charge in [0.15, 0.2) is 0 Å². The molecule has 0 radical (unpaired) electrons. The molecule has 1 N–H and O–H groups in total. The number of benzene rings is 1. The second-order valence-corrected chi connectivity index (χ2v) is 5.29. The van der Waals surface area contributed by atoms with Gasteiger partial charge in [0.1, 0.15) is 5.82 Å². The lowest BCUT2D eigenvalue weighted by Gasteiger charge is -2.06. The topological polar surface area (TPSA) is 54.9 Å². The Labute approximate surface area is 124 Å². The van der Waals surface area contributed by atoms with E-state index in [0.717, 1.165) is 10.2 Å². The highest BCUT2D eigenvalue weighted by atomic mass is 79.9. The third-order valence-electron chi connectivity index (χ3n) is 2.39. The maximum absolute atomic E-state index is 12.0. The van der Waals surface area contributed by atoms with Crippen molar-refractivity contribution >= 4 is 33.4 Å². The fourth-order valence-electron chi connectivity index (χ4n) is 1.56. The largest absolute Gasteiger partial charge is 0.346 e. The zero-order valence-corrected chi connectivity index (χ0v) is 12.5. The van der Waals surface area contributed by atoms with Gasteiger partial charge in [-0.3, -0.25) is 4.79 Å². The summed E-state index contributed by atoms with van der Waals surface area (Å²) in [6.07, 6.45) is 1.67. The second kappa shape index (κ2) is 6.12. The molecule has 1 amide bonds. The smallest absolute Gasteiger partial charge is 0.251 e. The van der Waals surface area contributed by atoms with Gasteiger partial charge in [0, 0.05) is 21.3 Å². The van der Waals surface area contributed by atoms with E-state index in [-0.39, 0.29) is 5.91 Å². The average molecular weight is 341 g/mol. The Morgan fingerprint density at radius 1 is 1.42 bits per heavy atom. The summed E-state index contributed by atoms with van der Waals surface area (Å²) in [5, 5.41) is 3.30. The highest BCUT2D eigenvalue weighted by Crippen LogP contribution is 2.19. The highest BCUT2D eigenvalue weighted by Gasteiger charge is 2.08. The lowest BCUT2D eigenvalue weighted by molar-refractivity contribution is 0.0950. The van der Waals surface area contributed by atoms with Crippen molar-refractivity contribution in [2.75, 3.05) is 0 Å². The second-order valence-electron chi connectivity index (χ2n) is 3.94. The number of hydrogen-bond donors (Lipinski definition) is 1. The summed E-state index contributed by atoms with van der Waals surface area (Å²) in [7, 11) is 0. The Bertz CT molecular complexity index is 598. The first kappa shape index (κ1) is 14.0. The van der Waals surface area contributed by atoms with Gasteiger partial charge < -0.3 is 5.32 Å². The quantitative estimate of drug-likeness (QED) is 0.934. The van der Waals surface area contributed by atoms with E-state index in [0.29, 0.717) is 23.0 Å². The number of nitrogens with zero attached hydrogens (tertiary/aromatic N) is 2. The van der Waals surface area contributed by atoms with E-state index in [1.54, 1.807) is 37.4 Å². The van der Waals surface area contributed by atoms with Crippen molar-refractivity contribution in [1.29, 1.82) is 0 Å². The highest BCUT2D eigenvalue weighted by molar-refractivity contribution is 9.10. The van der Waals surface area contributed by atoms with E-state index >= 15 is 0 Å². The first-order chi connectivity index (χ1) is 9.04. The number of aryl methyl sites for hydroxylation is 1. The fraction of sp³-hybridized carbons (Fsp3) is 0.154. The molecule has 0 aliphatic heterocycles. The third-order valence-corrected chi connectivity index (χ3v) is 3.06. The van der Waals surface area contributed by atoms with Crippen LogP contribution < -0.4 is 5.32 Å². The molecule has 0 unspecified atom stereocenters. The molecule has 0 atom stereocenters. The molecule has 6 heteroatoms. The molecule has 98 valence electrons. The first-order valence-corrected chi connectivity index (χ1v) is 6.74. The summed E-state index contributed by atoms with van der Waals surface area (Å²) < 4.78 is 0.767. The van der Waals surface area contributed by atoms with Gasteiger partial charge in [-0.1, -0.05) is 27.5 Å². The van der Waals surface area contributed by atoms with Gasteiger partial charge in [-0.2, -0.15) is 0 Å². The van der Waals surface area contributed by atoms with Gasteiger partial charge in [-0.25, -0.2) is 9.97 Å². The molecule has 0 spiro atoms. The summed E-state index contributed by atoms with van der Waals surface area (Å²) in [5.74, 6) is 0.483.